The van der Waals surface area contributed by atoms with Crippen molar-refractivity contribution in [3.05, 3.63) is 33.8 Å². The molecule has 1 atom stereocenters. The average Bonchev–Trinajstić information content (AvgIpc) is 2.58. The zero-order chi connectivity index (χ0) is 18.5. The Morgan fingerprint density at radius 1 is 1.19 bits per heavy atom. The van der Waals surface area contributed by atoms with Crippen LogP contribution in [-0.4, -0.2) is 43.0 Å². The topological polar surface area (TPSA) is 58.4 Å². The molecule has 1 aromatic rings. The van der Waals surface area contributed by atoms with E-state index in [1.807, 2.05) is 18.2 Å². The normalized spacial score (nSPS) is 20.6. The molecule has 0 radical (unpaired) electrons. The summed E-state index contributed by atoms with van der Waals surface area (Å²) in [7, 11) is 0. The number of nitrogens with zero attached hydrogens (tertiary/aromatic N) is 1. The Morgan fingerprint density at radius 2 is 1.92 bits per heavy atom. The first kappa shape index (κ1) is 19.9. The second-order valence-corrected chi connectivity index (χ2v) is 8.46. The predicted octanol–water partition coefficient (Wildman–Crippen LogP) is 3.81. The van der Waals surface area contributed by atoms with Gasteiger partial charge in [0.1, 0.15) is 0 Å². The van der Waals surface area contributed by atoms with E-state index in [1.54, 1.807) is 0 Å². The SMILES string of the molecule is NCC(CCN1CCC(NC(=O)C2CCC2)CC1)c1ccc(Cl)c(Cl)c1. The van der Waals surface area contributed by atoms with Gasteiger partial charge in [-0.05, 0) is 68.8 Å². The number of nitrogens with two attached hydrogens (primary N) is 1. The minimum Gasteiger partial charge on any atom is -0.353 e. The van der Waals surface area contributed by atoms with E-state index in [0.717, 1.165) is 57.3 Å². The van der Waals surface area contributed by atoms with Crippen molar-refractivity contribution in [3.8, 4) is 0 Å². The Bertz CT molecular complexity index is 613. The third-order valence-electron chi connectivity index (χ3n) is 5.90. The zero-order valence-electron chi connectivity index (χ0n) is 15.2. The van der Waals surface area contributed by atoms with Crippen molar-refractivity contribution in [1.82, 2.24) is 10.2 Å². The van der Waals surface area contributed by atoms with Crippen LogP contribution >= 0.6 is 23.2 Å². The molecule has 1 heterocycles. The van der Waals surface area contributed by atoms with Gasteiger partial charge >= 0.3 is 0 Å². The third-order valence-corrected chi connectivity index (χ3v) is 6.64. The van der Waals surface area contributed by atoms with Crippen molar-refractivity contribution in [2.45, 2.75) is 50.5 Å². The number of hydrogen-bond donors (Lipinski definition) is 2. The average molecular weight is 398 g/mol. The third kappa shape index (κ3) is 5.13. The van der Waals surface area contributed by atoms with Crippen LogP contribution in [0, 0.1) is 5.92 Å². The van der Waals surface area contributed by atoms with Crippen LogP contribution in [-0.2, 0) is 4.79 Å². The summed E-state index contributed by atoms with van der Waals surface area (Å²) in [6.45, 7) is 3.69. The summed E-state index contributed by atoms with van der Waals surface area (Å²) >= 11 is 12.1. The lowest BCUT2D eigenvalue weighted by Gasteiger charge is -2.34. The monoisotopic (exact) mass is 397 g/mol. The number of hydrogen-bond acceptors (Lipinski definition) is 3. The van der Waals surface area contributed by atoms with E-state index in [4.69, 9.17) is 28.9 Å². The highest BCUT2D eigenvalue weighted by molar-refractivity contribution is 6.42. The van der Waals surface area contributed by atoms with E-state index in [0.29, 0.717) is 28.5 Å². The van der Waals surface area contributed by atoms with Gasteiger partial charge in [-0.15, -0.1) is 0 Å². The first-order valence-corrected chi connectivity index (χ1v) is 10.5. The van der Waals surface area contributed by atoms with Gasteiger partial charge in [0.05, 0.1) is 10.0 Å². The van der Waals surface area contributed by atoms with Crippen LogP contribution in [0.1, 0.15) is 50.0 Å². The quantitative estimate of drug-likeness (QED) is 0.735. The van der Waals surface area contributed by atoms with E-state index < -0.39 is 0 Å². The zero-order valence-corrected chi connectivity index (χ0v) is 16.7. The fourth-order valence-electron chi connectivity index (χ4n) is 3.82. The summed E-state index contributed by atoms with van der Waals surface area (Å²) in [6, 6.07) is 6.15. The fraction of sp³-hybridized carbons (Fsp3) is 0.650. The van der Waals surface area contributed by atoms with Gasteiger partial charge in [-0.3, -0.25) is 4.79 Å². The molecule has 1 saturated carbocycles. The number of rotatable bonds is 7. The number of likely N-dealkylation sites (tertiary alicyclic amines) is 1. The Morgan fingerprint density at radius 3 is 2.50 bits per heavy atom. The van der Waals surface area contributed by atoms with E-state index in [1.165, 1.54) is 6.42 Å². The smallest absolute Gasteiger partial charge is 0.223 e. The molecule has 4 nitrogen and oxygen atoms in total. The fourth-order valence-corrected chi connectivity index (χ4v) is 4.12. The number of amides is 1. The molecule has 2 fully saturated rings. The Labute approximate surface area is 166 Å². The maximum Gasteiger partial charge on any atom is 0.223 e. The number of piperidine rings is 1. The molecule has 1 unspecified atom stereocenters. The van der Waals surface area contributed by atoms with Gasteiger partial charge in [0.25, 0.3) is 0 Å². The lowest BCUT2D eigenvalue weighted by molar-refractivity contribution is -0.128. The molecule has 0 bridgehead atoms. The highest BCUT2D eigenvalue weighted by atomic mass is 35.5. The molecular formula is C20H29Cl2N3O. The second kappa shape index (κ2) is 9.41. The first-order chi connectivity index (χ1) is 12.6. The van der Waals surface area contributed by atoms with Crippen molar-refractivity contribution >= 4 is 29.1 Å². The summed E-state index contributed by atoms with van der Waals surface area (Å²) in [5.74, 6) is 0.850. The van der Waals surface area contributed by atoms with Crippen molar-refractivity contribution in [2.24, 2.45) is 11.7 Å². The number of carbonyl (C=O) groups is 1. The molecule has 1 aliphatic heterocycles. The van der Waals surface area contributed by atoms with E-state index in [-0.39, 0.29) is 11.8 Å². The largest absolute Gasteiger partial charge is 0.353 e. The van der Waals surface area contributed by atoms with E-state index in [2.05, 4.69) is 10.2 Å². The summed E-state index contributed by atoms with van der Waals surface area (Å²) in [5, 5.41) is 4.41. The Balaban J connectivity index is 1.42. The Hall–Kier alpha value is -0.810. The summed E-state index contributed by atoms with van der Waals surface area (Å²) in [6.07, 6.45) is 6.43. The molecule has 0 aromatic heterocycles. The molecule has 1 amide bonds. The molecule has 26 heavy (non-hydrogen) atoms. The van der Waals surface area contributed by atoms with Crippen LogP contribution in [0.4, 0.5) is 0 Å². The van der Waals surface area contributed by atoms with Crippen LogP contribution in [0.15, 0.2) is 18.2 Å². The van der Waals surface area contributed by atoms with Crippen LogP contribution in [0.5, 0.6) is 0 Å². The van der Waals surface area contributed by atoms with Gasteiger partial charge in [0, 0.05) is 25.0 Å². The lowest BCUT2D eigenvalue weighted by Crippen LogP contribution is -2.47. The van der Waals surface area contributed by atoms with Crippen molar-refractivity contribution < 1.29 is 4.79 Å². The summed E-state index contributed by atoms with van der Waals surface area (Å²) < 4.78 is 0. The van der Waals surface area contributed by atoms with Crippen molar-refractivity contribution in [3.63, 3.8) is 0 Å². The second-order valence-electron chi connectivity index (χ2n) is 7.65. The molecule has 2 aliphatic rings. The maximum absolute atomic E-state index is 12.1. The van der Waals surface area contributed by atoms with E-state index >= 15 is 0 Å². The highest BCUT2D eigenvalue weighted by Crippen LogP contribution is 2.29. The summed E-state index contributed by atoms with van der Waals surface area (Å²) in [4.78, 5) is 14.6. The van der Waals surface area contributed by atoms with Gasteiger partial charge in [-0.1, -0.05) is 35.7 Å². The highest BCUT2D eigenvalue weighted by Gasteiger charge is 2.28. The van der Waals surface area contributed by atoms with Crippen LogP contribution < -0.4 is 11.1 Å². The number of benzene rings is 1. The van der Waals surface area contributed by atoms with Crippen molar-refractivity contribution in [1.29, 1.82) is 0 Å². The molecule has 3 N–H and O–H groups in total. The number of halogens is 2. The van der Waals surface area contributed by atoms with Crippen LogP contribution in [0.3, 0.4) is 0 Å². The number of nitrogens with one attached hydrogen (secondary N) is 1. The minimum atomic E-state index is 0.275. The van der Waals surface area contributed by atoms with E-state index in [9.17, 15) is 4.79 Å². The van der Waals surface area contributed by atoms with Gasteiger partial charge < -0.3 is 16.0 Å². The van der Waals surface area contributed by atoms with Gasteiger partial charge in [-0.2, -0.15) is 0 Å². The molecular weight excluding hydrogens is 369 g/mol. The summed E-state index contributed by atoms with van der Waals surface area (Å²) in [5.41, 5.74) is 7.15. The standard InChI is InChI=1S/C20H29Cl2N3O/c21-18-5-4-15(12-19(18)22)16(13-23)6-9-25-10-7-17(8-11-25)24-20(26)14-2-1-3-14/h4-5,12,14,16-17H,1-3,6-11,13,23H2,(H,24,26). The molecule has 0 spiro atoms. The maximum atomic E-state index is 12.1. The molecule has 1 aliphatic carbocycles. The molecule has 3 rings (SSSR count). The van der Waals surface area contributed by atoms with Crippen LogP contribution in [0.25, 0.3) is 0 Å². The van der Waals surface area contributed by atoms with Gasteiger partial charge in [0.15, 0.2) is 0 Å². The first-order valence-electron chi connectivity index (χ1n) is 9.74. The molecule has 1 saturated heterocycles. The molecule has 6 heteroatoms. The van der Waals surface area contributed by atoms with Gasteiger partial charge in [-0.25, -0.2) is 0 Å². The van der Waals surface area contributed by atoms with Crippen molar-refractivity contribution in [2.75, 3.05) is 26.2 Å². The lowest BCUT2D eigenvalue weighted by atomic mass is 9.84. The Kier molecular flexibility index (Phi) is 7.21. The van der Waals surface area contributed by atoms with Gasteiger partial charge in [0.2, 0.25) is 5.91 Å². The predicted molar refractivity (Wildman–Crippen MR) is 108 cm³/mol. The molecule has 1 aromatic carbocycles. The molecule has 144 valence electrons. The number of carbonyl (C=O) groups excluding carboxylic acids is 1. The minimum absolute atomic E-state index is 0.275. The van der Waals surface area contributed by atoms with Crippen LogP contribution in [0.2, 0.25) is 10.0 Å².